The van der Waals surface area contributed by atoms with Crippen molar-refractivity contribution in [3.63, 3.8) is 0 Å². The lowest BCUT2D eigenvalue weighted by Crippen LogP contribution is -2.45. The second kappa shape index (κ2) is 5.84. The Bertz CT molecular complexity index is 354. The maximum Gasteiger partial charge on any atom is 0.306 e. The lowest BCUT2D eigenvalue weighted by Gasteiger charge is -2.28. The van der Waals surface area contributed by atoms with Crippen LogP contribution in [-0.2, 0) is 14.4 Å². The molecule has 3 N–H and O–H groups in total. The van der Waals surface area contributed by atoms with Crippen molar-refractivity contribution >= 4 is 17.8 Å². The van der Waals surface area contributed by atoms with Crippen LogP contribution in [0.2, 0.25) is 0 Å². The van der Waals surface area contributed by atoms with Crippen molar-refractivity contribution in [3.05, 3.63) is 0 Å². The highest BCUT2D eigenvalue weighted by molar-refractivity contribution is 5.86. The molecular formula is C12H20N2O4. The first kappa shape index (κ1) is 14.5. The average Bonchev–Trinajstić information content (AvgIpc) is 2.73. The van der Waals surface area contributed by atoms with Gasteiger partial charge in [0.05, 0.1) is 12.5 Å². The van der Waals surface area contributed by atoms with Gasteiger partial charge in [-0.05, 0) is 33.1 Å². The van der Waals surface area contributed by atoms with Crippen LogP contribution in [0.3, 0.4) is 0 Å². The van der Waals surface area contributed by atoms with E-state index in [0.29, 0.717) is 19.3 Å². The number of carbonyl (C=O) groups is 3. The van der Waals surface area contributed by atoms with Crippen LogP contribution in [0.15, 0.2) is 0 Å². The van der Waals surface area contributed by atoms with Crippen molar-refractivity contribution in [2.24, 2.45) is 17.6 Å². The fourth-order valence-corrected chi connectivity index (χ4v) is 2.35. The highest BCUT2D eigenvalue weighted by atomic mass is 16.4. The highest BCUT2D eigenvalue weighted by Crippen LogP contribution is 2.32. The van der Waals surface area contributed by atoms with E-state index in [2.05, 4.69) is 0 Å². The van der Waals surface area contributed by atoms with Crippen molar-refractivity contribution in [1.29, 1.82) is 0 Å². The minimum atomic E-state index is -0.851. The Kier molecular flexibility index (Phi) is 4.69. The van der Waals surface area contributed by atoms with Crippen LogP contribution in [0.5, 0.6) is 0 Å². The van der Waals surface area contributed by atoms with Gasteiger partial charge in [-0.3, -0.25) is 14.4 Å². The Balaban J connectivity index is 2.67. The quantitative estimate of drug-likeness (QED) is 0.734. The van der Waals surface area contributed by atoms with Gasteiger partial charge < -0.3 is 15.7 Å². The first-order chi connectivity index (χ1) is 8.32. The Morgan fingerprint density at radius 1 is 1.28 bits per heavy atom. The van der Waals surface area contributed by atoms with Gasteiger partial charge in [-0.15, -0.1) is 0 Å². The third-order valence-electron chi connectivity index (χ3n) is 3.36. The minimum absolute atomic E-state index is 0.106. The lowest BCUT2D eigenvalue weighted by atomic mass is 10.0. The number of hydrogen-bond donors (Lipinski definition) is 2. The predicted molar refractivity (Wildman–Crippen MR) is 64.5 cm³/mol. The van der Waals surface area contributed by atoms with Crippen LogP contribution >= 0.6 is 0 Å². The Morgan fingerprint density at radius 2 is 1.83 bits per heavy atom. The molecule has 2 amide bonds. The fourth-order valence-electron chi connectivity index (χ4n) is 2.35. The molecule has 0 aliphatic heterocycles. The molecule has 102 valence electrons. The summed E-state index contributed by atoms with van der Waals surface area (Å²) in [6.45, 7) is 3.51. The molecular weight excluding hydrogens is 236 g/mol. The highest BCUT2D eigenvalue weighted by Gasteiger charge is 2.36. The first-order valence-corrected chi connectivity index (χ1v) is 6.14. The summed E-state index contributed by atoms with van der Waals surface area (Å²) in [5, 5.41) is 8.91. The summed E-state index contributed by atoms with van der Waals surface area (Å²) in [6.07, 6.45) is 1.45. The van der Waals surface area contributed by atoms with E-state index in [9.17, 15) is 14.4 Å². The SMILES string of the molecule is CC(C)N(CC(N)=O)C(=O)C1CCC(C(=O)O)C1. The van der Waals surface area contributed by atoms with Crippen molar-refractivity contribution in [1.82, 2.24) is 4.90 Å². The monoisotopic (exact) mass is 256 g/mol. The molecule has 6 nitrogen and oxygen atoms in total. The van der Waals surface area contributed by atoms with Gasteiger partial charge in [-0.2, -0.15) is 0 Å². The van der Waals surface area contributed by atoms with Crippen LogP contribution in [0.4, 0.5) is 0 Å². The standard InChI is InChI=1S/C12H20N2O4/c1-7(2)14(6-10(13)15)11(16)8-3-4-9(5-8)12(17)18/h7-9H,3-6H2,1-2H3,(H2,13,15)(H,17,18). The number of rotatable bonds is 5. The zero-order chi connectivity index (χ0) is 13.9. The summed E-state index contributed by atoms with van der Waals surface area (Å²) in [4.78, 5) is 35.4. The minimum Gasteiger partial charge on any atom is -0.481 e. The molecule has 1 aliphatic rings. The number of hydrogen-bond acceptors (Lipinski definition) is 3. The number of aliphatic carboxylic acids is 1. The van der Waals surface area contributed by atoms with Gasteiger partial charge in [0, 0.05) is 12.0 Å². The molecule has 0 spiro atoms. The molecule has 2 unspecified atom stereocenters. The molecule has 0 bridgehead atoms. The number of carboxylic acids is 1. The summed E-state index contributed by atoms with van der Waals surface area (Å²) in [5.74, 6) is -2.30. The summed E-state index contributed by atoms with van der Waals surface area (Å²) in [6, 6.07) is -0.117. The van der Waals surface area contributed by atoms with Crippen molar-refractivity contribution in [3.8, 4) is 0 Å². The molecule has 0 heterocycles. The van der Waals surface area contributed by atoms with Crippen LogP contribution in [-0.4, -0.2) is 40.4 Å². The third-order valence-corrected chi connectivity index (χ3v) is 3.36. The number of carbonyl (C=O) groups excluding carboxylic acids is 2. The van der Waals surface area contributed by atoms with E-state index < -0.39 is 17.8 Å². The first-order valence-electron chi connectivity index (χ1n) is 6.14. The fraction of sp³-hybridized carbons (Fsp3) is 0.750. The van der Waals surface area contributed by atoms with E-state index in [1.54, 1.807) is 0 Å². The molecule has 0 aromatic carbocycles. The van der Waals surface area contributed by atoms with Gasteiger partial charge in [0.15, 0.2) is 0 Å². The number of nitrogens with zero attached hydrogens (tertiary/aromatic N) is 1. The Hall–Kier alpha value is -1.59. The Labute approximate surface area is 106 Å². The number of nitrogens with two attached hydrogens (primary N) is 1. The van der Waals surface area contributed by atoms with Crippen LogP contribution in [0.25, 0.3) is 0 Å². The molecule has 1 aliphatic carbocycles. The molecule has 1 rings (SSSR count). The van der Waals surface area contributed by atoms with E-state index in [4.69, 9.17) is 10.8 Å². The predicted octanol–water partition coefficient (Wildman–Crippen LogP) is 0.210. The molecule has 0 radical (unpaired) electrons. The van der Waals surface area contributed by atoms with Gasteiger partial charge in [0.25, 0.3) is 0 Å². The number of carboxylic acid groups (broad SMARTS) is 1. The summed E-state index contributed by atoms with van der Waals surface area (Å²) in [7, 11) is 0. The molecule has 1 fully saturated rings. The molecule has 6 heteroatoms. The van der Waals surface area contributed by atoms with Crippen molar-refractivity contribution in [2.45, 2.75) is 39.2 Å². The normalized spacial score (nSPS) is 23.1. The average molecular weight is 256 g/mol. The zero-order valence-corrected chi connectivity index (χ0v) is 10.8. The molecule has 0 aromatic heterocycles. The summed E-state index contributed by atoms with van der Waals surface area (Å²) in [5.41, 5.74) is 5.12. The van der Waals surface area contributed by atoms with Crippen LogP contribution in [0.1, 0.15) is 33.1 Å². The van der Waals surface area contributed by atoms with E-state index in [1.165, 1.54) is 4.90 Å². The summed E-state index contributed by atoms with van der Waals surface area (Å²) >= 11 is 0. The Morgan fingerprint density at radius 3 is 2.22 bits per heavy atom. The van der Waals surface area contributed by atoms with E-state index in [1.807, 2.05) is 13.8 Å². The van der Waals surface area contributed by atoms with E-state index in [0.717, 1.165) is 0 Å². The molecule has 0 aromatic rings. The van der Waals surface area contributed by atoms with E-state index in [-0.39, 0.29) is 24.4 Å². The van der Waals surface area contributed by atoms with E-state index >= 15 is 0 Å². The maximum atomic E-state index is 12.2. The summed E-state index contributed by atoms with van der Waals surface area (Å²) < 4.78 is 0. The molecule has 1 saturated carbocycles. The van der Waals surface area contributed by atoms with Gasteiger partial charge in [0.1, 0.15) is 0 Å². The molecule has 0 saturated heterocycles. The van der Waals surface area contributed by atoms with Gasteiger partial charge >= 0.3 is 5.97 Å². The second-order valence-electron chi connectivity index (χ2n) is 5.07. The van der Waals surface area contributed by atoms with Crippen molar-refractivity contribution in [2.75, 3.05) is 6.54 Å². The lowest BCUT2D eigenvalue weighted by molar-refractivity contribution is -0.142. The van der Waals surface area contributed by atoms with Gasteiger partial charge in [-0.1, -0.05) is 0 Å². The maximum absolute atomic E-state index is 12.2. The molecule has 18 heavy (non-hydrogen) atoms. The van der Waals surface area contributed by atoms with Crippen molar-refractivity contribution < 1.29 is 19.5 Å². The third kappa shape index (κ3) is 3.45. The topological polar surface area (TPSA) is 101 Å². The largest absolute Gasteiger partial charge is 0.481 e. The van der Waals surface area contributed by atoms with Crippen LogP contribution < -0.4 is 5.73 Å². The second-order valence-corrected chi connectivity index (χ2v) is 5.07. The molecule has 2 atom stereocenters. The van der Waals surface area contributed by atoms with Gasteiger partial charge in [0.2, 0.25) is 11.8 Å². The zero-order valence-electron chi connectivity index (χ0n) is 10.8. The van der Waals surface area contributed by atoms with Crippen LogP contribution in [0, 0.1) is 11.8 Å². The number of amides is 2. The van der Waals surface area contributed by atoms with Gasteiger partial charge in [-0.25, -0.2) is 0 Å². The number of primary amides is 1. The smallest absolute Gasteiger partial charge is 0.306 e.